The third-order valence-electron chi connectivity index (χ3n) is 4.18. The number of halogens is 2. The van der Waals surface area contributed by atoms with Crippen molar-refractivity contribution in [2.24, 2.45) is 11.8 Å². The van der Waals surface area contributed by atoms with Crippen LogP contribution in [0, 0.1) is 11.8 Å². The van der Waals surface area contributed by atoms with Crippen LogP contribution >= 0.6 is 24.8 Å². The second-order valence-electron chi connectivity index (χ2n) is 5.08. The van der Waals surface area contributed by atoms with Crippen molar-refractivity contribution in [2.75, 3.05) is 26.2 Å². The Labute approximate surface area is 105 Å². The molecule has 0 saturated carbocycles. The number of nitrogens with one attached hydrogen (secondary N) is 1. The predicted molar refractivity (Wildman–Crippen MR) is 68.2 cm³/mol. The highest BCUT2D eigenvalue weighted by atomic mass is 35.5. The number of fused-ring (bicyclic) bond motifs is 4. The zero-order valence-corrected chi connectivity index (χ0v) is 10.8. The van der Waals surface area contributed by atoms with E-state index in [9.17, 15) is 0 Å². The van der Waals surface area contributed by atoms with E-state index in [1.165, 1.54) is 51.9 Å². The molecule has 3 aliphatic heterocycles. The van der Waals surface area contributed by atoms with Crippen molar-refractivity contribution in [3.05, 3.63) is 0 Å². The lowest BCUT2D eigenvalue weighted by molar-refractivity contribution is 0.0109. The molecule has 3 fully saturated rings. The Bertz CT molecular complexity index is 197. The molecule has 0 spiro atoms. The number of hydrogen-bond acceptors (Lipinski definition) is 2. The van der Waals surface area contributed by atoms with Crippen LogP contribution in [0.25, 0.3) is 0 Å². The van der Waals surface area contributed by atoms with Crippen LogP contribution in [-0.2, 0) is 0 Å². The maximum absolute atomic E-state index is 3.59. The summed E-state index contributed by atoms with van der Waals surface area (Å²) in [5, 5.41) is 3.59. The topological polar surface area (TPSA) is 15.3 Å². The van der Waals surface area contributed by atoms with E-state index in [2.05, 4.69) is 10.2 Å². The van der Waals surface area contributed by atoms with Crippen LogP contribution in [0.5, 0.6) is 0 Å². The summed E-state index contributed by atoms with van der Waals surface area (Å²) in [4.78, 5) is 2.78. The lowest BCUT2D eigenvalue weighted by Crippen LogP contribution is -2.58. The molecule has 3 saturated heterocycles. The van der Waals surface area contributed by atoms with Crippen molar-refractivity contribution in [3.8, 4) is 0 Å². The lowest BCUT2D eigenvalue weighted by Gasteiger charge is -2.50. The van der Waals surface area contributed by atoms with E-state index in [-0.39, 0.29) is 24.8 Å². The second kappa shape index (κ2) is 5.72. The zero-order valence-electron chi connectivity index (χ0n) is 9.15. The van der Waals surface area contributed by atoms with Crippen LogP contribution in [0.1, 0.15) is 25.7 Å². The summed E-state index contributed by atoms with van der Waals surface area (Å²) in [5.41, 5.74) is 0. The van der Waals surface area contributed by atoms with E-state index in [1.807, 2.05) is 0 Å². The highest BCUT2D eigenvalue weighted by Gasteiger charge is 2.38. The molecular formula is C11H22Cl2N2. The van der Waals surface area contributed by atoms with Gasteiger partial charge in [-0.2, -0.15) is 0 Å². The minimum atomic E-state index is 0. The molecule has 4 heteroatoms. The van der Waals surface area contributed by atoms with Crippen molar-refractivity contribution in [2.45, 2.75) is 31.7 Å². The van der Waals surface area contributed by atoms with Gasteiger partial charge in [-0.15, -0.1) is 24.8 Å². The van der Waals surface area contributed by atoms with Gasteiger partial charge in [0.1, 0.15) is 0 Å². The Kier molecular flexibility index (Phi) is 5.17. The Morgan fingerprint density at radius 2 is 1.93 bits per heavy atom. The Morgan fingerprint density at radius 1 is 1.07 bits per heavy atom. The Hall–Kier alpha value is 0.500. The summed E-state index contributed by atoms with van der Waals surface area (Å²) in [6, 6.07) is 0.942. The molecular weight excluding hydrogens is 231 g/mol. The second-order valence-corrected chi connectivity index (χ2v) is 5.08. The van der Waals surface area contributed by atoms with Gasteiger partial charge in [-0.05, 0) is 50.7 Å². The molecule has 0 amide bonds. The van der Waals surface area contributed by atoms with E-state index in [1.54, 1.807) is 0 Å². The van der Waals surface area contributed by atoms with Crippen LogP contribution < -0.4 is 5.32 Å². The van der Waals surface area contributed by atoms with Crippen LogP contribution in [0.3, 0.4) is 0 Å². The molecule has 90 valence electrons. The molecule has 3 rings (SSSR count). The average Bonchev–Trinajstić information content (AvgIpc) is 2.18. The van der Waals surface area contributed by atoms with Gasteiger partial charge in [0.25, 0.3) is 0 Å². The summed E-state index contributed by atoms with van der Waals surface area (Å²) >= 11 is 0. The molecule has 15 heavy (non-hydrogen) atoms. The molecule has 0 aliphatic carbocycles. The third kappa shape index (κ3) is 2.60. The summed E-state index contributed by atoms with van der Waals surface area (Å²) in [7, 11) is 0. The van der Waals surface area contributed by atoms with Crippen molar-refractivity contribution in [1.82, 2.24) is 10.2 Å². The number of nitrogens with zero attached hydrogens (tertiary/aromatic N) is 1. The maximum atomic E-state index is 3.59. The lowest BCUT2D eigenvalue weighted by atomic mass is 9.77. The molecule has 3 aliphatic rings. The normalized spacial score (nSPS) is 39.6. The van der Waals surface area contributed by atoms with Gasteiger partial charge in [0, 0.05) is 12.6 Å². The largest absolute Gasteiger partial charge is 0.316 e. The quantitative estimate of drug-likeness (QED) is 0.709. The SMILES string of the molecule is C1CCN2C[C@@H]3CNC[C@@H](C3)[C@@H]2C1.Cl.Cl. The van der Waals surface area contributed by atoms with Crippen LogP contribution in [0.4, 0.5) is 0 Å². The monoisotopic (exact) mass is 252 g/mol. The van der Waals surface area contributed by atoms with Crippen LogP contribution in [0.15, 0.2) is 0 Å². The van der Waals surface area contributed by atoms with E-state index < -0.39 is 0 Å². The number of rotatable bonds is 0. The van der Waals surface area contributed by atoms with E-state index in [0.717, 1.165) is 17.9 Å². The molecule has 3 atom stereocenters. The van der Waals surface area contributed by atoms with Gasteiger partial charge in [-0.1, -0.05) is 6.42 Å². The first-order valence-corrected chi connectivity index (χ1v) is 5.88. The fourth-order valence-electron chi connectivity index (χ4n) is 3.61. The van der Waals surface area contributed by atoms with Crippen LogP contribution in [-0.4, -0.2) is 37.1 Å². The van der Waals surface area contributed by atoms with Crippen molar-refractivity contribution in [1.29, 1.82) is 0 Å². The number of piperidine rings is 3. The van der Waals surface area contributed by atoms with E-state index in [4.69, 9.17) is 0 Å². The Balaban J connectivity index is 0.000000562. The first-order valence-electron chi connectivity index (χ1n) is 5.88. The average molecular weight is 253 g/mol. The third-order valence-corrected chi connectivity index (χ3v) is 4.18. The summed E-state index contributed by atoms with van der Waals surface area (Å²) < 4.78 is 0. The Morgan fingerprint density at radius 3 is 2.80 bits per heavy atom. The van der Waals surface area contributed by atoms with Gasteiger partial charge >= 0.3 is 0 Å². The predicted octanol–water partition coefficient (Wildman–Crippen LogP) is 1.92. The van der Waals surface area contributed by atoms with Crippen molar-refractivity contribution < 1.29 is 0 Å². The molecule has 0 aromatic heterocycles. The first-order chi connectivity index (χ1) is 6.43. The summed E-state index contributed by atoms with van der Waals surface area (Å²) in [6.45, 7) is 5.34. The molecule has 0 aromatic carbocycles. The van der Waals surface area contributed by atoms with Gasteiger partial charge in [-0.25, -0.2) is 0 Å². The standard InChI is InChI=1S/C11H20N2.2ClH/c1-2-4-13-8-9-5-10(7-12-6-9)11(13)3-1;;/h9-12H,1-8H2;2*1H/t9-,10+,11-;;/m0../s1. The molecule has 1 N–H and O–H groups in total. The van der Waals surface area contributed by atoms with Gasteiger partial charge in [0.05, 0.1) is 0 Å². The highest BCUT2D eigenvalue weighted by molar-refractivity contribution is 5.85. The highest BCUT2D eigenvalue weighted by Crippen LogP contribution is 2.34. The van der Waals surface area contributed by atoms with E-state index in [0.29, 0.717) is 0 Å². The van der Waals surface area contributed by atoms with Gasteiger partial charge < -0.3 is 5.32 Å². The fraction of sp³-hybridized carbons (Fsp3) is 1.00. The van der Waals surface area contributed by atoms with Gasteiger partial charge in [-0.3, -0.25) is 4.90 Å². The van der Waals surface area contributed by atoms with Gasteiger partial charge in [0.15, 0.2) is 0 Å². The molecule has 0 unspecified atom stereocenters. The summed E-state index contributed by atoms with van der Waals surface area (Å²) in [6.07, 6.45) is 5.90. The first kappa shape index (κ1) is 13.6. The van der Waals surface area contributed by atoms with E-state index >= 15 is 0 Å². The molecule has 0 aromatic rings. The molecule has 2 nitrogen and oxygen atoms in total. The van der Waals surface area contributed by atoms with Gasteiger partial charge in [0.2, 0.25) is 0 Å². The fourth-order valence-corrected chi connectivity index (χ4v) is 3.61. The zero-order chi connectivity index (χ0) is 8.67. The summed E-state index contributed by atoms with van der Waals surface area (Å²) in [5.74, 6) is 1.95. The minimum Gasteiger partial charge on any atom is -0.316 e. The molecule has 2 bridgehead atoms. The minimum absolute atomic E-state index is 0. The van der Waals surface area contributed by atoms with Crippen LogP contribution in [0.2, 0.25) is 0 Å². The van der Waals surface area contributed by atoms with Crippen molar-refractivity contribution >= 4 is 24.8 Å². The smallest absolute Gasteiger partial charge is 0.0136 e. The maximum Gasteiger partial charge on any atom is 0.0136 e. The number of hydrogen-bond donors (Lipinski definition) is 1. The van der Waals surface area contributed by atoms with Crippen molar-refractivity contribution in [3.63, 3.8) is 0 Å². The molecule has 0 radical (unpaired) electrons. The molecule has 3 heterocycles.